The van der Waals surface area contributed by atoms with Crippen LogP contribution in [0.5, 0.6) is 0 Å². The molecule has 0 aromatic rings. The molecule has 0 N–H and O–H groups in total. The van der Waals surface area contributed by atoms with Gasteiger partial charge in [-0.3, -0.25) is 14.4 Å². The first-order valence-corrected chi connectivity index (χ1v) is 34.4. The molecule has 6 nitrogen and oxygen atoms in total. The number of rotatable bonds is 63. The monoisotopic (exact) mass is 1100 g/mol. The normalized spacial score (nSPS) is 12.5. The molecule has 0 amide bonds. The van der Waals surface area contributed by atoms with Gasteiger partial charge in [-0.25, -0.2) is 0 Å². The van der Waals surface area contributed by atoms with Gasteiger partial charge in [0.05, 0.1) is 0 Å². The number of esters is 3. The largest absolute Gasteiger partial charge is 0.462 e. The molecular formula is C73H130O6. The Morgan fingerprint density at radius 2 is 0.456 bits per heavy atom. The van der Waals surface area contributed by atoms with E-state index in [0.717, 1.165) is 89.9 Å². The average molecular weight is 1100 g/mol. The SMILES string of the molecule is CCCCCCC/C=C\C/C=C\C/C=C\CCCCCCCCCCCCCCCCC(=O)OCC(COC(=O)CCCCCCCCCCC)OC(=O)CCCCCCCCCC/C=C\C/C=C\C/C=C\CCCCCCC. The fourth-order valence-electron chi connectivity index (χ4n) is 9.99. The fourth-order valence-corrected chi connectivity index (χ4v) is 9.99. The molecule has 0 aromatic carbocycles. The summed E-state index contributed by atoms with van der Waals surface area (Å²) >= 11 is 0. The van der Waals surface area contributed by atoms with Gasteiger partial charge >= 0.3 is 17.9 Å². The Balaban J connectivity index is 4.17. The maximum atomic E-state index is 12.9. The van der Waals surface area contributed by atoms with Crippen molar-refractivity contribution in [1.29, 1.82) is 0 Å². The highest BCUT2D eigenvalue weighted by atomic mass is 16.6. The summed E-state index contributed by atoms with van der Waals surface area (Å²) in [5, 5.41) is 0. The molecule has 1 atom stereocenters. The highest BCUT2D eigenvalue weighted by molar-refractivity contribution is 5.71. The van der Waals surface area contributed by atoms with Crippen LogP contribution < -0.4 is 0 Å². The second kappa shape index (κ2) is 67.4. The van der Waals surface area contributed by atoms with Crippen LogP contribution in [0.3, 0.4) is 0 Å². The van der Waals surface area contributed by atoms with Gasteiger partial charge in [0.1, 0.15) is 13.2 Å². The summed E-state index contributed by atoms with van der Waals surface area (Å²) in [7, 11) is 0. The van der Waals surface area contributed by atoms with Crippen LogP contribution in [0.4, 0.5) is 0 Å². The maximum absolute atomic E-state index is 12.9. The highest BCUT2D eigenvalue weighted by Gasteiger charge is 2.19. The zero-order valence-corrected chi connectivity index (χ0v) is 52.6. The van der Waals surface area contributed by atoms with E-state index in [2.05, 4.69) is 93.7 Å². The molecule has 0 rings (SSSR count). The summed E-state index contributed by atoms with van der Waals surface area (Å²) in [6.45, 7) is 6.63. The lowest BCUT2D eigenvalue weighted by molar-refractivity contribution is -0.167. The minimum absolute atomic E-state index is 0.0752. The van der Waals surface area contributed by atoms with E-state index in [0.29, 0.717) is 19.3 Å². The second-order valence-electron chi connectivity index (χ2n) is 23.1. The van der Waals surface area contributed by atoms with E-state index in [1.54, 1.807) is 0 Å². The van der Waals surface area contributed by atoms with Crippen molar-refractivity contribution in [1.82, 2.24) is 0 Å². The van der Waals surface area contributed by atoms with Gasteiger partial charge in [-0.2, -0.15) is 0 Å². The van der Waals surface area contributed by atoms with Crippen molar-refractivity contribution in [2.45, 2.75) is 361 Å². The number of unbranched alkanes of at least 4 members (excludes halogenated alkanes) is 40. The Morgan fingerprint density at radius 1 is 0.253 bits per heavy atom. The Morgan fingerprint density at radius 3 is 0.709 bits per heavy atom. The van der Waals surface area contributed by atoms with Crippen LogP contribution in [0.25, 0.3) is 0 Å². The Labute approximate surface area is 491 Å². The zero-order valence-electron chi connectivity index (χ0n) is 52.6. The smallest absolute Gasteiger partial charge is 0.306 e. The summed E-state index contributed by atoms with van der Waals surface area (Å²) in [6, 6.07) is 0. The van der Waals surface area contributed by atoms with Gasteiger partial charge in [-0.05, 0) is 96.3 Å². The molecule has 6 heteroatoms. The first-order valence-electron chi connectivity index (χ1n) is 34.4. The van der Waals surface area contributed by atoms with Crippen molar-refractivity contribution >= 4 is 17.9 Å². The molecule has 0 aliphatic heterocycles. The van der Waals surface area contributed by atoms with Gasteiger partial charge in [0.2, 0.25) is 0 Å². The summed E-state index contributed by atoms with van der Waals surface area (Å²) in [4.78, 5) is 38.3. The van der Waals surface area contributed by atoms with Crippen molar-refractivity contribution in [2.75, 3.05) is 13.2 Å². The molecule has 0 heterocycles. The van der Waals surface area contributed by atoms with Crippen molar-refractivity contribution in [2.24, 2.45) is 0 Å². The van der Waals surface area contributed by atoms with Crippen LogP contribution in [0.15, 0.2) is 72.9 Å². The third kappa shape index (κ3) is 65.5. The lowest BCUT2D eigenvalue weighted by atomic mass is 10.0. The molecule has 0 fully saturated rings. The predicted octanol–water partition coefficient (Wildman–Crippen LogP) is 23.7. The predicted molar refractivity (Wildman–Crippen MR) is 344 cm³/mol. The molecule has 0 aliphatic carbocycles. The van der Waals surface area contributed by atoms with Gasteiger partial charge in [0.25, 0.3) is 0 Å². The maximum Gasteiger partial charge on any atom is 0.306 e. The molecule has 0 aromatic heterocycles. The summed E-state index contributed by atoms with van der Waals surface area (Å²) in [5.41, 5.74) is 0. The average Bonchev–Trinajstić information content (AvgIpc) is 3.45. The van der Waals surface area contributed by atoms with Crippen LogP contribution in [-0.2, 0) is 28.6 Å². The molecule has 0 aliphatic rings. The summed E-state index contributed by atoms with van der Waals surface area (Å²) in [6.07, 6.45) is 87.9. The van der Waals surface area contributed by atoms with Crippen molar-refractivity contribution < 1.29 is 28.6 Å². The number of carbonyl (C=O) groups excluding carboxylic acids is 3. The molecular weight excluding hydrogens is 973 g/mol. The number of carbonyl (C=O) groups is 3. The van der Waals surface area contributed by atoms with E-state index in [1.165, 1.54) is 225 Å². The molecule has 0 saturated carbocycles. The van der Waals surface area contributed by atoms with Crippen LogP contribution in [-0.4, -0.2) is 37.2 Å². The minimum Gasteiger partial charge on any atom is -0.462 e. The van der Waals surface area contributed by atoms with Gasteiger partial charge in [0, 0.05) is 19.3 Å². The summed E-state index contributed by atoms with van der Waals surface area (Å²) < 4.78 is 16.9. The quantitative estimate of drug-likeness (QED) is 0.0261. The van der Waals surface area contributed by atoms with Crippen LogP contribution in [0.2, 0.25) is 0 Å². The van der Waals surface area contributed by atoms with E-state index in [4.69, 9.17) is 14.2 Å². The Kier molecular flexibility index (Phi) is 64.7. The van der Waals surface area contributed by atoms with E-state index in [1.807, 2.05) is 0 Å². The van der Waals surface area contributed by atoms with E-state index >= 15 is 0 Å². The lowest BCUT2D eigenvalue weighted by Crippen LogP contribution is -2.30. The first kappa shape index (κ1) is 75.8. The van der Waals surface area contributed by atoms with Gasteiger partial charge < -0.3 is 14.2 Å². The van der Waals surface area contributed by atoms with Gasteiger partial charge in [-0.15, -0.1) is 0 Å². The fraction of sp³-hybridized carbons (Fsp3) is 0.795. The Hall–Kier alpha value is -3.15. The molecule has 0 bridgehead atoms. The standard InChI is InChI=1S/C73H130O6/c1-4-7-10-13-16-19-21-23-25-27-29-31-33-34-35-36-37-38-40-41-43-45-47-49-51-54-57-60-63-66-72(75)78-69-70(68-77-71(74)65-62-59-56-53-18-15-12-9-6-3)79-73(76)67-64-61-58-55-52-50-48-46-44-42-39-32-30-28-26-24-22-20-17-14-11-8-5-2/h21-24,27-30,33-34,39,42,70H,4-20,25-26,31-32,35-38,40-41,43-69H2,1-3H3/b23-21-,24-22-,29-27-,30-28-,34-33-,42-39-. The van der Waals surface area contributed by atoms with Crippen molar-refractivity contribution in [3.8, 4) is 0 Å². The van der Waals surface area contributed by atoms with Crippen molar-refractivity contribution in [3.63, 3.8) is 0 Å². The molecule has 0 radical (unpaired) electrons. The van der Waals surface area contributed by atoms with E-state index in [-0.39, 0.29) is 31.1 Å². The van der Waals surface area contributed by atoms with E-state index < -0.39 is 6.10 Å². The molecule has 1 unspecified atom stereocenters. The highest BCUT2D eigenvalue weighted by Crippen LogP contribution is 2.17. The Bertz CT molecular complexity index is 1450. The van der Waals surface area contributed by atoms with Gasteiger partial charge in [0.15, 0.2) is 6.10 Å². The second-order valence-corrected chi connectivity index (χ2v) is 23.1. The zero-order chi connectivity index (χ0) is 57.1. The first-order chi connectivity index (χ1) is 39.0. The lowest BCUT2D eigenvalue weighted by Gasteiger charge is -2.18. The molecule has 0 saturated heterocycles. The minimum atomic E-state index is -0.778. The summed E-state index contributed by atoms with van der Waals surface area (Å²) in [5.74, 6) is -0.869. The third-order valence-electron chi connectivity index (χ3n) is 15.2. The number of hydrogen-bond acceptors (Lipinski definition) is 6. The number of allylic oxidation sites excluding steroid dienone is 12. The van der Waals surface area contributed by atoms with Crippen molar-refractivity contribution in [3.05, 3.63) is 72.9 Å². The van der Waals surface area contributed by atoms with Crippen LogP contribution in [0, 0.1) is 0 Å². The molecule has 0 spiro atoms. The van der Waals surface area contributed by atoms with Crippen LogP contribution in [0.1, 0.15) is 355 Å². The number of hydrogen-bond donors (Lipinski definition) is 0. The molecule has 79 heavy (non-hydrogen) atoms. The van der Waals surface area contributed by atoms with E-state index in [9.17, 15) is 14.4 Å². The van der Waals surface area contributed by atoms with Crippen LogP contribution >= 0.6 is 0 Å². The molecule has 458 valence electrons. The number of ether oxygens (including phenoxy) is 3. The third-order valence-corrected chi connectivity index (χ3v) is 15.2. The topological polar surface area (TPSA) is 78.9 Å². The van der Waals surface area contributed by atoms with Gasteiger partial charge in [-0.1, -0.05) is 312 Å².